The van der Waals surface area contributed by atoms with Crippen LogP contribution in [0, 0.1) is 10.6 Å². The summed E-state index contributed by atoms with van der Waals surface area (Å²) < 4.78 is 23.6. The molecule has 0 spiro atoms. The standard InChI is InChI=1S/C13H17FN6S/c14-12-7-11(20-9-10(8-15)17-18-20)1-2-13(12)19-3-5-21(16)6-4-19/h1-2,7,9,16H,3-6,8,15H2. The number of halogens is 1. The molecule has 1 aliphatic heterocycles. The van der Waals surface area contributed by atoms with Crippen LogP contribution in [-0.4, -0.2) is 39.6 Å². The quantitative estimate of drug-likeness (QED) is 0.888. The van der Waals surface area contributed by atoms with Gasteiger partial charge < -0.3 is 10.6 Å². The minimum atomic E-state index is -0.274. The van der Waals surface area contributed by atoms with E-state index < -0.39 is 0 Å². The Morgan fingerprint density at radius 3 is 2.71 bits per heavy atom. The molecule has 2 heterocycles. The highest BCUT2D eigenvalue weighted by Gasteiger charge is 2.17. The third-order valence-corrected chi connectivity index (χ3v) is 4.85. The van der Waals surface area contributed by atoms with Crippen LogP contribution < -0.4 is 10.6 Å². The van der Waals surface area contributed by atoms with Crippen molar-refractivity contribution < 1.29 is 4.39 Å². The van der Waals surface area contributed by atoms with Crippen LogP contribution in [0.5, 0.6) is 0 Å². The molecule has 2 aromatic rings. The molecule has 1 fully saturated rings. The Bertz CT molecular complexity index is 660. The van der Waals surface area contributed by atoms with Crippen molar-refractivity contribution in [1.29, 1.82) is 4.78 Å². The van der Waals surface area contributed by atoms with E-state index in [-0.39, 0.29) is 16.5 Å². The highest BCUT2D eigenvalue weighted by atomic mass is 32.2. The minimum Gasteiger partial charge on any atom is -0.367 e. The van der Waals surface area contributed by atoms with Crippen molar-refractivity contribution >= 4 is 16.4 Å². The first kappa shape index (κ1) is 14.2. The lowest BCUT2D eigenvalue weighted by molar-refractivity contribution is 0.616. The third kappa shape index (κ3) is 2.96. The van der Waals surface area contributed by atoms with Crippen LogP contribution in [0.1, 0.15) is 5.69 Å². The van der Waals surface area contributed by atoms with E-state index >= 15 is 0 Å². The Morgan fingerprint density at radius 1 is 1.33 bits per heavy atom. The fourth-order valence-electron chi connectivity index (χ4n) is 2.31. The van der Waals surface area contributed by atoms with Crippen LogP contribution in [-0.2, 0) is 17.2 Å². The number of hydrogen-bond donors (Lipinski definition) is 2. The van der Waals surface area contributed by atoms with Crippen LogP contribution >= 0.6 is 0 Å². The summed E-state index contributed by atoms with van der Waals surface area (Å²) in [6.07, 6.45) is 1.70. The summed E-state index contributed by atoms with van der Waals surface area (Å²) in [5.74, 6) is 1.35. The van der Waals surface area contributed by atoms with Gasteiger partial charge in [-0.25, -0.2) is 9.07 Å². The lowest BCUT2D eigenvalue weighted by Gasteiger charge is -2.30. The minimum absolute atomic E-state index is 0.272. The highest BCUT2D eigenvalue weighted by molar-refractivity contribution is 7.86. The molecule has 6 nitrogen and oxygen atoms in total. The zero-order chi connectivity index (χ0) is 14.8. The van der Waals surface area contributed by atoms with Gasteiger partial charge in [0, 0.05) is 37.2 Å². The smallest absolute Gasteiger partial charge is 0.148 e. The second-order valence-corrected chi connectivity index (χ2v) is 6.68. The largest absolute Gasteiger partial charge is 0.367 e. The molecule has 3 N–H and O–H groups in total. The molecule has 3 rings (SSSR count). The van der Waals surface area contributed by atoms with Gasteiger partial charge in [-0.2, -0.15) is 0 Å². The van der Waals surface area contributed by atoms with Crippen molar-refractivity contribution in [3.8, 4) is 5.69 Å². The first-order chi connectivity index (χ1) is 10.2. The summed E-state index contributed by atoms with van der Waals surface area (Å²) in [7, 11) is -0.272. The molecule has 0 atom stereocenters. The van der Waals surface area contributed by atoms with Crippen LogP contribution in [0.3, 0.4) is 0 Å². The van der Waals surface area contributed by atoms with E-state index in [1.54, 1.807) is 12.3 Å². The van der Waals surface area contributed by atoms with E-state index in [1.807, 2.05) is 11.0 Å². The number of rotatable bonds is 3. The number of aromatic nitrogens is 3. The topological polar surface area (TPSA) is 83.8 Å². The van der Waals surface area contributed by atoms with Gasteiger partial charge in [0.2, 0.25) is 0 Å². The number of nitrogens with one attached hydrogen (secondary N) is 1. The van der Waals surface area contributed by atoms with Crippen LogP contribution in [0.2, 0.25) is 0 Å². The van der Waals surface area contributed by atoms with Gasteiger partial charge in [0.25, 0.3) is 0 Å². The van der Waals surface area contributed by atoms with E-state index in [2.05, 4.69) is 10.3 Å². The van der Waals surface area contributed by atoms with Gasteiger partial charge in [-0.3, -0.25) is 4.78 Å². The molecule has 0 amide bonds. The third-order valence-electron chi connectivity index (χ3n) is 3.50. The van der Waals surface area contributed by atoms with E-state index in [1.165, 1.54) is 10.7 Å². The SMILES string of the molecule is N=S1CCN(c2ccc(-n3cc(CN)nn3)cc2F)CC1. The fourth-order valence-corrected chi connectivity index (χ4v) is 3.39. The average molecular weight is 308 g/mol. The number of anilines is 1. The molecule has 1 aliphatic rings. The van der Waals surface area contributed by atoms with E-state index in [9.17, 15) is 4.39 Å². The summed E-state index contributed by atoms with van der Waals surface area (Å²) in [4.78, 5) is 2.00. The zero-order valence-corrected chi connectivity index (χ0v) is 12.3. The van der Waals surface area contributed by atoms with Gasteiger partial charge in [-0.05, 0) is 12.1 Å². The predicted octanol–water partition coefficient (Wildman–Crippen LogP) is 1.07. The van der Waals surface area contributed by atoms with Crippen LogP contribution in [0.4, 0.5) is 10.1 Å². The van der Waals surface area contributed by atoms with Crippen molar-refractivity contribution in [2.24, 2.45) is 5.73 Å². The first-order valence-corrected chi connectivity index (χ1v) is 8.28. The second-order valence-electron chi connectivity index (χ2n) is 4.88. The van der Waals surface area contributed by atoms with Gasteiger partial charge in [-0.15, -0.1) is 15.8 Å². The molecule has 1 aromatic heterocycles. The Balaban J connectivity index is 1.84. The lowest BCUT2D eigenvalue weighted by Crippen LogP contribution is -2.37. The van der Waals surface area contributed by atoms with E-state index in [0.29, 0.717) is 23.6 Å². The molecule has 0 unspecified atom stereocenters. The van der Waals surface area contributed by atoms with Gasteiger partial charge in [-0.1, -0.05) is 5.21 Å². The maximum atomic E-state index is 14.3. The molecule has 1 aromatic carbocycles. The number of nitrogens with zero attached hydrogens (tertiary/aromatic N) is 4. The van der Waals surface area contributed by atoms with Crippen molar-refractivity contribution in [1.82, 2.24) is 15.0 Å². The zero-order valence-electron chi connectivity index (χ0n) is 11.5. The van der Waals surface area contributed by atoms with Crippen molar-refractivity contribution in [2.75, 3.05) is 29.5 Å². The Hall–Kier alpha value is -1.80. The Morgan fingerprint density at radius 2 is 2.10 bits per heavy atom. The van der Waals surface area contributed by atoms with Gasteiger partial charge in [0.1, 0.15) is 5.82 Å². The van der Waals surface area contributed by atoms with Crippen molar-refractivity contribution in [2.45, 2.75) is 6.54 Å². The molecule has 0 aliphatic carbocycles. The predicted molar refractivity (Wildman–Crippen MR) is 81.2 cm³/mol. The molecular weight excluding hydrogens is 291 g/mol. The molecular formula is C13H17FN6S. The molecule has 0 bridgehead atoms. The van der Waals surface area contributed by atoms with Crippen LogP contribution in [0.15, 0.2) is 24.4 Å². The maximum Gasteiger partial charge on any atom is 0.148 e. The number of benzene rings is 1. The maximum absolute atomic E-state index is 14.3. The Kier molecular flexibility index (Phi) is 3.98. The van der Waals surface area contributed by atoms with Crippen molar-refractivity contribution in [3.63, 3.8) is 0 Å². The van der Waals surface area contributed by atoms with Crippen molar-refractivity contribution in [3.05, 3.63) is 35.9 Å². The molecule has 0 radical (unpaired) electrons. The fraction of sp³-hybridized carbons (Fsp3) is 0.385. The number of hydrogen-bond acceptors (Lipinski definition) is 5. The molecule has 0 saturated carbocycles. The molecule has 1 saturated heterocycles. The van der Waals surface area contributed by atoms with Crippen LogP contribution in [0.25, 0.3) is 5.69 Å². The first-order valence-electron chi connectivity index (χ1n) is 6.72. The summed E-state index contributed by atoms with van der Waals surface area (Å²) >= 11 is 0. The molecule has 112 valence electrons. The molecule has 21 heavy (non-hydrogen) atoms. The summed E-state index contributed by atoms with van der Waals surface area (Å²) in [6, 6.07) is 5.05. The number of nitrogens with two attached hydrogens (primary N) is 1. The second kappa shape index (κ2) is 5.90. The monoisotopic (exact) mass is 308 g/mol. The Labute approximate surface area is 124 Å². The normalized spacial score (nSPS) is 16.4. The van der Waals surface area contributed by atoms with E-state index in [4.69, 9.17) is 10.5 Å². The summed E-state index contributed by atoms with van der Waals surface area (Å²) in [5.41, 5.74) is 7.38. The average Bonchev–Trinajstić information content (AvgIpc) is 2.97. The van der Waals surface area contributed by atoms with Gasteiger partial charge in [0.05, 0.1) is 23.3 Å². The molecule has 8 heteroatoms. The van der Waals surface area contributed by atoms with Gasteiger partial charge in [0.15, 0.2) is 0 Å². The summed E-state index contributed by atoms with van der Waals surface area (Å²) in [5, 5.41) is 7.83. The highest BCUT2D eigenvalue weighted by Crippen LogP contribution is 2.23. The lowest BCUT2D eigenvalue weighted by atomic mass is 10.2. The van der Waals surface area contributed by atoms with Gasteiger partial charge >= 0.3 is 0 Å². The van der Waals surface area contributed by atoms with E-state index in [0.717, 1.165) is 24.6 Å². The summed E-state index contributed by atoms with van der Waals surface area (Å²) in [6.45, 7) is 1.79.